The van der Waals surface area contributed by atoms with E-state index >= 15 is 0 Å². The van der Waals surface area contributed by atoms with Gasteiger partial charge in [-0.1, -0.05) is 192 Å². The molecule has 0 bridgehead atoms. The van der Waals surface area contributed by atoms with Gasteiger partial charge >= 0.3 is 0 Å². The van der Waals surface area contributed by atoms with E-state index in [0.29, 0.717) is 0 Å². The second kappa shape index (κ2) is 23.6. The molecule has 1 heterocycles. The Bertz CT molecular complexity index is 4590. The zero-order valence-electron chi connectivity index (χ0n) is 50.8. The van der Waals surface area contributed by atoms with E-state index in [2.05, 4.69) is 357 Å². The first kappa shape index (κ1) is 55.1. The maximum Gasteiger partial charge on any atom is 0.0488 e. The lowest BCUT2D eigenvalue weighted by atomic mass is 9.98. The Balaban J connectivity index is 0.980. The number of benzene rings is 14. The van der Waals surface area contributed by atoms with Crippen LogP contribution in [-0.2, 0) is 0 Å². The molecule has 90 heavy (non-hydrogen) atoms. The van der Waals surface area contributed by atoms with E-state index in [4.69, 9.17) is 4.98 Å². The standard InChI is InChI=1S/C85H65N5/c1-58-21-33-74(34-22-58)87(75-35-23-59(2)24-36-75)82-50-70(51-83(54-82)88(76-37-25-60(3)26-38-76)77-39-27-61(4)28-40-77)72-45-73(57-86-56-72)71-52-84(89(78-41-29-62-13-5-9-17-66(62)46-78)79-42-30-63-14-6-10-18-67(63)47-79)55-85(53-71)90(80-43-31-64-15-7-11-19-68(64)48-80)81-44-32-65-16-8-12-20-69(65)49-81/h5-57H,1-4H3. The number of aromatic nitrogens is 1. The lowest BCUT2D eigenvalue weighted by Gasteiger charge is -2.31. The number of pyridine rings is 1. The maximum absolute atomic E-state index is 5.22. The smallest absolute Gasteiger partial charge is 0.0488 e. The van der Waals surface area contributed by atoms with E-state index in [9.17, 15) is 0 Å². The number of hydrogen-bond acceptors (Lipinski definition) is 5. The first-order valence-corrected chi connectivity index (χ1v) is 30.9. The van der Waals surface area contributed by atoms with Crippen molar-refractivity contribution in [2.24, 2.45) is 0 Å². The third-order valence-corrected chi connectivity index (χ3v) is 17.4. The minimum Gasteiger partial charge on any atom is -0.310 e. The second-order valence-electron chi connectivity index (χ2n) is 23.7. The molecule has 0 radical (unpaired) electrons. The van der Waals surface area contributed by atoms with Gasteiger partial charge in [-0.15, -0.1) is 0 Å². The van der Waals surface area contributed by atoms with E-state index in [1.807, 2.05) is 12.4 Å². The highest BCUT2D eigenvalue weighted by Gasteiger charge is 2.24. The van der Waals surface area contributed by atoms with Crippen LogP contribution in [0.3, 0.4) is 0 Å². The van der Waals surface area contributed by atoms with Gasteiger partial charge in [0, 0.05) is 91.8 Å². The molecule has 0 aliphatic carbocycles. The first-order valence-electron chi connectivity index (χ1n) is 30.9. The van der Waals surface area contributed by atoms with Crippen molar-refractivity contribution in [3.8, 4) is 22.3 Å². The normalized spacial score (nSPS) is 11.3. The predicted molar refractivity (Wildman–Crippen MR) is 383 cm³/mol. The summed E-state index contributed by atoms with van der Waals surface area (Å²) in [6.07, 6.45) is 4.05. The highest BCUT2D eigenvalue weighted by atomic mass is 15.2. The van der Waals surface area contributed by atoms with Gasteiger partial charge < -0.3 is 19.6 Å². The molecule has 0 atom stereocenters. The van der Waals surface area contributed by atoms with Crippen molar-refractivity contribution in [3.05, 3.63) is 344 Å². The summed E-state index contributed by atoms with van der Waals surface area (Å²) in [5.41, 5.74) is 21.2. The van der Waals surface area contributed by atoms with Crippen LogP contribution in [0.1, 0.15) is 22.3 Å². The van der Waals surface area contributed by atoms with E-state index < -0.39 is 0 Å². The Kier molecular flexibility index (Phi) is 14.5. The fourth-order valence-corrected chi connectivity index (χ4v) is 12.6. The largest absolute Gasteiger partial charge is 0.310 e. The monoisotopic (exact) mass is 1160 g/mol. The number of nitrogens with zero attached hydrogens (tertiary/aromatic N) is 5. The van der Waals surface area contributed by atoms with Crippen molar-refractivity contribution in [1.29, 1.82) is 0 Å². The predicted octanol–water partition coefficient (Wildman–Crippen LogP) is 24.1. The van der Waals surface area contributed by atoms with Gasteiger partial charge in [-0.25, -0.2) is 0 Å². The summed E-state index contributed by atoms with van der Waals surface area (Å²) in [5.74, 6) is 0. The van der Waals surface area contributed by atoms with Gasteiger partial charge in [0.25, 0.3) is 0 Å². The zero-order chi connectivity index (χ0) is 60.7. The fourth-order valence-electron chi connectivity index (χ4n) is 12.6. The van der Waals surface area contributed by atoms with Crippen molar-refractivity contribution in [2.75, 3.05) is 19.6 Å². The van der Waals surface area contributed by atoms with Crippen LogP contribution in [0.2, 0.25) is 0 Å². The van der Waals surface area contributed by atoms with E-state index in [1.54, 1.807) is 0 Å². The average Bonchev–Trinajstić information content (AvgIpc) is 1.07. The Morgan fingerprint density at radius 1 is 0.178 bits per heavy atom. The molecule has 14 aromatic carbocycles. The van der Waals surface area contributed by atoms with E-state index in [1.165, 1.54) is 43.8 Å². The molecule has 1 aromatic heterocycles. The maximum atomic E-state index is 5.22. The van der Waals surface area contributed by atoms with Crippen LogP contribution < -0.4 is 19.6 Å². The number of aryl methyl sites for hydroxylation is 4. The Morgan fingerprint density at radius 2 is 0.400 bits per heavy atom. The molecule has 0 aliphatic heterocycles. The summed E-state index contributed by atoms with van der Waals surface area (Å²) in [7, 11) is 0. The molecular formula is C85H65N5. The number of fused-ring (bicyclic) bond motifs is 4. The molecule has 0 amide bonds. The number of hydrogen-bond donors (Lipinski definition) is 0. The molecule has 430 valence electrons. The topological polar surface area (TPSA) is 25.9 Å². The summed E-state index contributed by atoms with van der Waals surface area (Å²) < 4.78 is 0. The van der Waals surface area contributed by atoms with Crippen LogP contribution in [0, 0.1) is 27.7 Å². The van der Waals surface area contributed by atoms with Gasteiger partial charge in [0.2, 0.25) is 0 Å². The summed E-state index contributed by atoms with van der Waals surface area (Å²) in [6, 6.07) is 114. The molecule has 5 heteroatoms. The van der Waals surface area contributed by atoms with Gasteiger partial charge in [0.15, 0.2) is 0 Å². The summed E-state index contributed by atoms with van der Waals surface area (Å²) >= 11 is 0. The van der Waals surface area contributed by atoms with Crippen LogP contribution in [-0.4, -0.2) is 4.98 Å². The molecular weight excluding hydrogens is 1090 g/mol. The number of anilines is 12. The molecule has 0 fully saturated rings. The molecule has 0 saturated heterocycles. The lowest BCUT2D eigenvalue weighted by molar-refractivity contribution is 1.23. The Hall–Kier alpha value is -11.5. The third-order valence-electron chi connectivity index (χ3n) is 17.4. The molecule has 5 nitrogen and oxygen atoms in total. The molecule has 15 aromatic rings. The van der Waals surface area contributed by atoms with Crippen molar-refractivity contribution in [3.63, 3.8) is 0 Å². The molecule has 0 saturated carbocycles. The molecule has 0 N–H and O–H groups in total. The molecule has 0 unspecified atom stereocenters. The quantitative estimate of drug-likeness (QED) is 0.108. The highest BCUT2D eigenvalue weighted by Crippen LogP contribution is 2.48. The Morgan fingerprint density at radius 3 is 0.656 bits per heavy atom. The summed E-state index contributed by atoms with van der Waals surface area (Å²) in [6.45, 7) is 8.58. The van der Waals surface area contributed by atoms with Crippen molar-refractivity contribution in [2.45, 2.75) is 27.7 Å². The SMILES string of the molecule is Cc1ccc(N(c2ccc(C)cc2)c2cc(-c3cncc(-c4cc(N(c5ccc6ccccc6c5)c5ccc6ccccc6c5)cc(N(c5ccc6ccccc6c5)c5ccc6ccccc6c5)c4)c3)cc(N(c3ccc(C)cc3)c3ccc(C)cc3)c2)cc1. The van der Waals surface area contributed by atoms with Crippen LogP contribution >= 0.6 is 0 Å². The summed E-state index contributed by atoms with van der Waals surface area (Å²) in [4.78, 5) is 14.8. The molecule has 0 spiro atoms. The molecule has 0 aliphatic rings. The van der Waals surface area contributed by atoms with Crippen molar-refractivity contribution >= 4 is 111 Å². The van der Waals surface area contributed by atoms with Gasteiger partial charge in [-0.3, -0.25) is 4.98 Å². The second-order valence-corrected chi connectivity index (χ2v) is 23.7. The first-order chi connectivity index (χ1) is 44.2. The van der Waals surface area contributed by atoms with Gasteiger partial charge in [-0.2, -0.15) is 0 Å². The third kappa shape index (κ3) is 11.1. The minimum atomic E-state index is 0.972. The lowest BCUT2D eigenvalue weighted by Crippen LogP contribution is -2.14. The summed E-state index contributed by atoms with van der Waals surface area (Å²) in [5, 5.41) is 9.39. The van der Waals surface area contributed by atoms with Gasteiger partial charge in [0.05, 0.1) is 0 Å². The van der Waals surface area contributed by atoms with Crippen LogP contribution in [0.15, 0.2) is 322 Å². The minimum absolute atomic E-state index is 0.972. The number of rotatable bonds is 14. The van der Waals surface area contributed by atoms with Crippen molar-refractivity contribution < 1.29 is 0 Å². The Labute approximate surface area is 526 Å². The van der Waals surface area contributed by atoms with Crippen LogP contribution in [0.25, 0.3) is 65.3 Å². The van der Waals surface area contributed by atoms with Gasteiger partial charge in [0.1, 0.15) is 0 Å². The van der Waals surface area contributed by atoms with Gasteiger partial charge in [-0.05, 0) is 221 Å². The van der Waals surface area contributed by atoms with Crippen LogP contribution in [0.5, 0.6) is 0 Å². The van der Waals surface area contributed by atoms with Crippen molar-refractivity contribution in [1.82, 2.24) is 4.98 Å². The van der Waals surface area contributed by atoms with E-state index in [0.717, 1.165) is 112 Å². The fraction of sp³-hybridized carbons (Fsp3) is 0.0471. The molecule has 15 rings (SSSR count). The van der Waals surface area contributed by atoms with Crippen LogP contribution in [0.4, 0.5) is 68.2 Å². The van der Waals surface area contributed by atoms with E-state index in [-0.39, 0.29) is 0 Å². The average molecular weight is 1160 g/mol. The zero-order valence-corrected chi connectivity index (χ0v) is 50.8. The highest BCUT2D eigenvalue weighted by molar-refractivity contribution is 5.98.